The summed E-state index contributed by atoms with van der Waals surface area (Å²) in [5.41, 5.74) is 3.64. The van der Waals surface area contributed by atoms with Gasteiger partial charge in [-0.15, -0.1) is 0 Å². The van der Waals surface area contributed by atoms with Gasteiger partial charge >= 0.3 is 0 Å². The van der Waals surface area contributed by atoms with Crippen LogP contribution < -0.4 is 0 Å². The fourth-order valence-electron chi connectivity index (χ4n) is 2.51. The molecule has 0 saturated carbocycles. The van der Waals surface area contributed by atoms with Gasteiger partial charge in [0.1, 0.15) is 0 Å². The molecule has 2 aromatic carbocycles. The molecule has 23 heavy (non-hydrogen) atoms. The quantitative estimate of drug-likeness (QED) is 0.497. The molecule has 2 heterocycles. The number of pyridine rings is 1. The Labute approximate surface area is 142 Å². The fraction of sp³-hybridized carbons (Fsp3) is 0. The van der Waals surface area contributed by atoms with Gasteiger partial charge in [-0.25, -0.2) is 15.0 Å². The van der Waals surface area contributed by atoms with E-state index in [1.54, 1.807) is 6.20 Å². The maximum Gasteiger partial charge on any atom is 0.163 e. The fourth-order valence-corrected chi connectivity index (χ4v) is 2.77. The highest BCUT2D eigenvalue weighted by atomic mass is 79.9. The number of nitrogens with zero attached hydrogens (tertiary/aromatic N) is 3. The molecule has 0 fully saturated rings. The molecule has 4 heteroatoms. The first-order chi connectivity index (χ1) is 11.3. The minimum atomic E-state index is 0.690. The van der Waals surface area contributed by atoms with Crippen LogP contribution in [0.3, 0.4) is 0 Å². The first-order valence-electron chi connectivity index (χ1n) is 7.25. The third-order valence-electron chi connectivity index (χ3n) is 3.62. The Kier molecular flexibility index (Phi) is 3.60. The van der Waals surface area contributed by atoms with E-state index in [-0.39, 0.29) is 0 Å². The Bertz CT molecular complexity index is 967. The minimum absolute atomic E-state index is 0.690. The number of halogens is 1. The van der Waals surface area contributed by atoms with Crippen molar-refractivity contribution in [2.45, 2.75) is 0 Å². The maximum atomic E-state index is 4.80. The van der Waals surface area contributed by atoms with Crippen LogP contribution in [-0.4, -0.2) is 15.0 Å². The smallest absolute Gasteiger partial charge is 0.163 e. The second-order valence-corrected chi connectivity index (χ2v) is 6.06. The van der Waals surface area contributed by atoms with Crippen LogP contribution >= 0.6 is 15.9 Å². The molecule has 0 aliphatic carbocycles. The van der Waals surface area contributed by atoms with Gasteiger partial charge in [0.2, 0.25) is 0 Å². The Morgan fingerprint density at radius 3 is 2.26 bits per heavy atom. The molecule has 0 radical (unpaired) electrons. The number of aromatic nitrogens is 3. The molecule has 2 aromatic heterocycles. The molecule has 0 amide bonds. The molecule has 0 aliphatic heterocycles. The van der Waals surface area contributed by atoms with E-state index in [0.717, 1.165) is 26.7 Å². The zero-order valence-corrected chi connectivity index (χ0v) is 13.7. The number of fused-ring (bicyclic) bond motifs is 1. The maximum absolute atomic E-state index is 4.80. The normalized spacial score (nSPS) is 10.8. The zero-order valence-electron chi connectivity index (χ0n) is 12.1. The molecule has 0 N–H and O–H groups in total. The van der Waals surface area contributed by atoms with Crippen LogP contribution in [0.25, 0.3) is 33.7 Å². The van der Waals surface area contributed by atoms with Crippen LogP contribution in [0, 0.1) is 0 Å². The van der Waals surface area contributed by atoms with E-state index in [9.17, 15) is 0 Å². The van der Waals surface area contributed by atoms with Crippen molar-refractivity contribution in [3.63, 3.8) is 0 Å². The molecule has 4 aromatic rings. The van der Waals surface area contributed by atoms with Crippen molar-refractivity contribution in [1.82, 2.24) is 15.0 Å². The third kappa shape index (κ3) is 2.73. The Hall–Kier alpha value is -2.59. The highest BCUT2D eigenvalue weighted by Crippen LogP contribution is 2.28. The van der Waals surface area contributed by atoms with Crippen LogP contribution in [0.1, 0.15) is 0 Å². The van der Waals surface area contributed by atoms with E-state index in [4.69, 9.17) is 4.98 Å². The molecule has 110 valence electrons. The monoisotopic (exact) mass is 361 g/mol. The Morgan fingerprint density at radius 1 is 0.696 bits per heavy atom. The summed E-state index contributed by atoms with van der Waals surface area (Å²) >= 11 is 3.47. The topological polar surface area (TPSA) is 38.7 Å². The van der Waals surface area contributed by atoms with E-state index in [0.29, 0.717) is 11.5 Å². The van der Waals surface area contributed by atoms with Crippen LogP contribution in [-0.2, 0) is 0 Å². The lowest BCUT2D eigenvalue weighted by Crippen LogP contribution is -1.96. The summed E-state index contributed by atoms with van der Waals surface area (Å²) < 4.78 is 1.04. The van der Waals surface area contributed by atoms with Crippen molar-refractivity contribution in [2.24, 2.45) is 0 Å². The Morgan fingerprint density at radius 2 is 1.48 bits per heavy atom. The summed E-state index contributed by atoms with van der Waals surface area (Å²) in [7, 11) is 0. The third-order valence-corrected chi connectivity index (χ3v) is 4.15. The van der Waals surface area contributed by atoms with Gasteiger partial charge in [0, 0.05) is 27.2 Å². The number of hydrogen-bond acceptors (Lipinski definition) is 3. The molecule has 0 saturated heterocycles. The summed E-state index contributed by atoms with van der Waals surface area (Å²) in [6.45, 7) is 0. The molecule has 0 bridgehead atoms. The minimum Gasteiger partial charge on any atom is -0.236 e. The number of hydrogen-bond donors (Lipinski definition) is 0. The van der Waals surface area contributed by atoms with Gasteiger partial charge < -0.3 is 0 Å². The van der Waals surface area contributed by atoms with Gasteiger partial charge in [-0.1, -0.05) is 58.4 Å². The van der Waals surface area contributed by atoms with Gasteiger partial charge in [0.15, 0.2) is 11.5 Å². The van der Waals surface area contributed by atoms with Crippen LogP contribution in [0.15, 0.2) is 77.4 Å². The highest BCUT2D eigenvalue weighted by Gasteiger charge is 2.11. The van der Waals surface area contributed by atoms with Gasteiger partial charge in [-0.3, -0.25) is 0 Å². The summed E-state index contributed by atoms with van der Waals surface area (Å²) in [6, 6.07) is 22.0. The first-order valence-corrected chi connectivity index (χ1v) is 8.05. The predicted molar refractivity (Wildman–Crippen MR) is 95.9 cm³/mol. The largest absolute Gasteiger partial charge is 0.236 e. The SMILES string of the molecule is Brc1ccc(-c2nc(-c3ccccc3)nc3ncccc23)cc1. The summed E-state index contributed by atoms with van der Waals surface area (Å²) in [5.74, 6) is 0.690. The van der Waals surface area contributed by atoms with Crippen molar-refractivity contribution < 1.29 is 0 Å². The molecule has 3 nitrogen and oxygen atoms in total. The molecule has 4 rings (SSSR count). The summed E-state index contributed by atoms with van der Waals surface area (Å²) in [4.78, 5) is 13.8. The van der Waals surface area contributed by atoms with Gasteiger partial charge in [0.05, 0.1) is 5.69 Å². The molecular formula is C19H12BrN3. The van der Waals surface area contributed by atoms with Crippen molar-refractivity contribution >= 4 is 27.0 Å². The lowest BCUT2D eigenvalue weighted by molar-refractivity contribution is 1.19. The Balaban J connectivity index is 2.00. The number of rotatable bonds is 2. The van der Waals surface area contributed by atoms with Gasteiger partial charge in [0.25, 0.3) is 0 Å². The second kappa shape index (κ2) is 5.89. The van der Waals surface area contributed by atoms with E-state index in [1.807, 2.05) is 66.7 Å². The standard InChI is InChI=1S/C19H12BrN3/c20-15-10-8-13(9-11-15)17-16-7-4-12-21-19(16)23-18(22-17)14-5-2-1-3-6-14/h1-12H. The molecule has 0 spiro atoms. The number of benzene rings is 2. The molecule has 0 aliphatic rings. The average molecular weight is 362 g/mol. The van der Waals surface area contributed by atoms with E-state index < -0.39 is 0 Å². The van der Waals surface area contributed by atoms with Crippen molar-refractivity contribution in [2.75, 3.05) is 0 Å². The summed E-state index contributed by atoms with van der Waals surface area (Å²) in [5, 5.41) is 0.953. The van der Waals surface area contributed by atoms with Crippen molar-refractivity contribution in [1.29, 1.82) is 0 Å². The first kappa shape index (κ1) is 14.0. The van der Waals surface area contributed by atoms with E-state index in [1.165, 1.54) is 0 Å². The van der Waals surface area contributed by atoms with E-state index >= 15 is 0 Å². The average Bonchev–Trinajstić information content (AvgIpc) is 2.62. The second-order valence-electron chi connectivity index (χ2n) is 5.14. The van der Waals surface area contributed by atoms with Crippen molar-refractivity contribution in [3.05, 3.63) is 77.4 Å². The van der Waals surface area contributed by atoms with Crippen LogP contribution in [0.4, 0.5) is 0 Å². The van der Waals surface area contributed by atoms with Gasteiger partial charge in [-0.2, -0.15) is 0 Å². The lowest BCUT2D eigenvalue weighted by Gasteiger charge is -2.08. The van der Waals surface area contributed by atoms with Gasteiger partial charge in [-0.05, 0) is 24.3 Å². The summed E-state index contributed by atoms with van der Waals surface area (Å²) in [6.07, 6.45) is 1.76. The van der Waals surface area contributed by atoms with E-state index in [2.05, 4.69) is 25.9 Å². The van der Waals surface area contributed by atoms with Crippen molar-refractivity contribution in [3.8, 4) is 22.6 Å². The van der Waals surface area contributed by atoms with Crippen LogP contribution in [0.5, 0.6) is 0 Å². The lowest BCUT2D eigenvalue weighted by atomic mass is 10.1. The molecular weight excluding hydrogens is 350 g/mol. The molecule has 0 unspecified atom stereocenters. The highest BCUT2D eigenvalue weighted by molar-refractivity contribution is 9.10. The zero-order chi connectivity index (χ0) is 15.6. The van der Waals surface area contributed by atoms with Crippen LogP contribution in [0.2, 0.25) is 0 Å². The predicted octanol–water partition coefficient (Wildman–Crippen LogP) is 5.12. The molecule has 0 atom stereocenters.